The molecule has 0 aromatic heterocycles. The van der Waals surface area contributed by atoms with Crippen molar-refractivity contribution in [2.45, 2.75) is 6.42 Å². The van der Waals surface area contributed by atoms with E-state index in [0.29, 0.717) is 0 Å². The van der Waals surface area contributed by atoms with Gasteiger partial charge in [-0.05, 0) is 0 Å². The molecule has 1 rings (SSSR count). The maximum absolute atomic E-state index is 4.29. The summed E-state index contributed by atoms with van der Waals surface area (Å²) in [7, 11) is 0. The van der Waals surface area contributed by atoms with E-state index in [0.717, 1.165) is 58.8 Å². The van der Waals surface area contributed by atoms with Crippen LogP contribution in [0.4, 0.5) is 0 Å². The van der Waals surface area contributed by atoms with Crippen LogP contribution in [0.2, 0.25) is 0 Å². The fourth-order valence-corrected chi connectivity index (χ4v) is 1.39. The summed E-state index contributed by atoms with van der Waals surface area (Å²) >= 11 is 0. The first-order valence-electron chi connectivity index (χ1n) is 6.09. The van der Waals surface area contributed by atoms with E-state index in [9.17, 15) is 0 Å². The van der Waals surface area contributed by atoms with E-state index in [1.165, 1.54) is 0 Å². The molecule has 3 N–H and O–H groups in total. The van der Waals surface area contributed by atoms with E-state index < -0.39 is 0 Å². The van der Waals surface area contributed by atoms with Crippen molar-refractivity contribution in [3.05, 3.63) is 0 Å². The zero-order valence-electron chi connectivity index (χ0n) is 9.91. The van der Waals surface area contributed by atoms with Gasteiger partial charge >= 0.3 is 0 Å². The van der Waals surface area contributed by atoms with Crippen LogP contribution in [0.1, 0.15) is 6.42 Å². The zero-order chi connectivity index (χ0) is 11.3. The lowest BCUT2D eigenvalue weighted by molar-refractivity contribution is 0.586. The third-order valence-electron chi connectivity index (χ3n) is 2.26. The van der Waals surface area contributed by atoms with E-state index >= 15 is 0 Å². The molecule has 0 amide bonds. The first kappa shape index (κ1) is 13.3. The standard InChI is InChI=1S/C11H23N5/c1-2-12-4-6-14-8-10-16-11-9-15-7-5-13-3-1/h2-3,14-16H,1,4-11H2. The van der Waals surface area contributed by atoms with E-state index in [1.807, 2.05) is 12.4 Å². The van der Waals surface area contributed by atoms with Crippen molar-refractivity contribution < 1.29 is 0 Å². The van der Waals surface area contributed by atoms with Crippen LogP contribution in [0.3, 0.4) is 0 Å². The molecule has 1 aliphatic rings. The molecule has 1 heterocycles. The van der Waals surface area contributed by atoms with Gasteiger partial charge in [-0.3, -0.25) is 9.98 Å². The highest BCUT2D eigenvalue weighted by atomic mass is 15.0. The number of nitrogens with zero attached hydrogens (tertiary/aromatic N) is 2. The molecule has 0 saturated heterocycles. The van der Waals surface area contributed by atoms with Crippen LogP contribution in [0.15, 0.2) is 9.98 Å². The largest absolute Gasteiger partial charge is 0.314 e. The third kappa shape index (κ3) is 8.52. The predicted molar refractivity (Wildman–Crippen MR) is 69.9 cm³/mol. The van der Waals surface area contributed by atoms with Crippen LogP contribution in [-0.2, 0) is 0 Å². The minimum absolute atomic E-state index is 0.849. The van der Waals surface area contributed by atoms with Crippen LogP contribution in [0, 0.1) is 0 Å². The van der Waals surface area contributed by atoms with Gasteiger partial charge in [0.15, 0.2) is 0 Å². The zero-order valence-corrected chi connectivity index (χ0v) is 9.91. The molecule has 1 aliphatic heterocycles. The smallest absolute Gasteiger partial charge is 0.0510 e. The highest BCUT2D eigenvalue weighted by Gasteiger charge is 1.89. The van der Waals surface area contributed by atoms with Gasteiger partial charge in [-0.25, -0.2) is 0 Å². The van der Waals surface area contributed by atoms with Gasteiger partial charge in [0, 0.05) is 58.1 Å². The number of aliphatic imine (C=N–C) groups is 2. The van der Waals surface area contributed by atoms with Gasteiger partial charge in [-0.1, -0.05) is 0 Å². The molecule has 0 aliphatic carbocycles. The van der Waals surface area contributed by atoms with Crippen molar-refractivity contribution in [1.82, 2.24) is 16.0 Å². The highest BCUT2D eigenvalue weighted by molar-refractivity contribution is 5.79. The minimum Gasteiger partial charge on any atom is -0.314 e. The SMILES string of the molecule is C1=NCCNCCNCCNCCN=CC1. The summed E-state index contributed by atoms with van der Waals surface area (Å²) in [5, 5.41) is 10.0. The molecule has 0 radical (unpaired) electrons. The Kier molecular flexibility index (Phi) is 8.91. The average molecular weight is 225 g/mol. The molecule has 16 heavy (non-hydrogen) atoms. The number of rotatable bonds is 0. The van der Waals surface area contributed by atoms with Gasteiger partial charge < -0.3 is 16.0 Å². The summed E-state index contributed by atoms with van der Waals surface area (Å²) in [5.74, 6) is 0. The molecule has 92 valence electrons. The van der Waals surface area contributed by atoms with Crippen LogP contribution >= 0.6 is 0 Å². The maximum atomic E-state index is 4.29. The second-order valence-corrected chi connectivity index (χ2v) is 3.66. The fourth-order valence-electron chi connectivity index (χ4n) is 1.39. The summed E-state index contributed by atoms with van der Waals surface area (Å²) < 4.78 is 0. The molecule has 0 spiro atoms. The molecular formula is C11H23N5. The fraction of sp³-hybridized carbons (Fsp3) is 0.818. The lowest BCUT2D eigenvalue weighted by Gasteiger charge is -2.06. The van der Waals surface area contributed by atoms with Crippen molar-refractivity contribution in [3.63, 3.8) is 0 Å². The van der Waals surface area contributed by atoms with Crippen molar-refractivity contribution in [2.75, 3.05) is 52.4 Å². The molecule has 0 saturated carbocycles. The van der Waals surface area contributed by atoms with E-state index in [1.54, 1.807) is 0 Å². The van der Waals surface area contributed by atoms with Gasteiger partial charge in [0.1, 0.15) is 0 Å². The number of hydrogen-bond acceptors (Lipinski definition) is 5. The highest BCUT2D eigenvalue weighted by Crippen LogP contribution is 1.74. The Morgan fingerprint density at radius 2 is 1.06 bits per heavy atom. The van der Waals surface area contributed by atoms with Crippen molar-refractivity contribution >= 4 is 12.4 Å². The molecule has 0 fully saturated rings. The first-order chi connectivity index (χ1) is 8.00. The van der Waals surface area contributed by atoms with E-state index in [-0.39, 0.29) is 0 Å². The predicted octanol–water partition coefficient (Wildman–Crippen LogP) is -0.699. The summed E-state index contributed by atoms with van der Waals surface area (Å²) in [5.41, 5.74) is 0. The molecular weight excluding hydrogens is 202 g/mol. The molecule has 0 aromatic carbocycles. The van der Waals surface area contributed by atoms with Crippen molar-refractivity contribution in [1.29, 1.82) is 0 Å². The molecule has 0 bridgehead atoms. The van der Waals surface area contributed by atoms with Crippen LogP contribution in [-0.4, -0.2) is 64.8 Å². The third-order valence-corrected chi connectivity index (χ3v) is 2.26. The van der Waals surface area contributed by atoms with E-state index in [2.05, 4.69) is 25.9 Å². The topological polar surface area (TPSA) is 60.8 Å². The molecule has 0 aromatic rings. The Hall–Kier alpha value is -0.780. The van der Waals surface area contributed by atoms with Crippen molar-refractivity contribution in [3.8, 4) is 0 Å². The Morgan fingerprint density at radius 3 is 1.56 bits per heavy atom. The normalized spacial score (nSPS) is 22.0. The second kappa shape index (κ2) is 10.7. The van der Waals surface area contributed by atoms with Crippen LogP contribution in [0.5, 0.6) is 0 Å². The molecule has 0 unspecified atom stereocenters. The lowest BCUT2D eigenvalue weighted by atomic mass is 10.4. The van der Waals surface area contributed by atoms with Gasteiger partial charge in [-0.15, -0.1) is 0 Å². The Labute approximate surface area is 97.8 Å². The summed E-state index contributed by atoms with van der Waals surface area (Å²) in [6.07, 6.45) is 4.72. The molecule has 5 nitrogen and oxygen atoms in total. The van der Waals surface area contributed by atoms with E-state index in [4.69, 9.17) is 0 Å². The Bertz CT molecular complexity index is 183. The Balaban J connectivity index is 2.15. The van der Waals surface area contributed by atoms with Crippen molar-refractivity contribution in [2.24, 2.45) is 9.98 Å². The molecule has 5 heteroatoms. The first-order valence-corrected chi connectivity index (χ1v) is 6.09. The monoisotopic (exact) mass is 225 g/mol. The summed E-state index contributed by atoms with van der Waals surface area (Å²) in [6, 6.07) is 0. The molecule has 0 atom stereocenters. The van der Waals surface area contributed by atoms with Gasteiger partial charge in [0.2, 0.25) is 0 Å². The van der Waals surface area contributed by atoms with Crippen LogP contribution < -0.4 is 16.0 Å². The number of nitrogens with one attached hydrogen (secondary N) is 3. The Morgan fingerprint density at radius 1 is 0.625 bits per heavy atom. The summed E-state index contributed by atoms with van der Waals surface area (Å²) in [4.78, 5) is 8.57. The minimum atomic E-state index is 0.849. The lowest BCUT2D eigenvalue weighted by Crippen LogP contribution is -2.34. The van der Waals surface area contributed by atoms with Crippen LogP contribution in [0.25, 0.3) is 0 Å². The van der Waals surface area contributed by atoms with Gasteiger partial charge in [-0.2, -0.15) is 0 Å². The maximum Gasteiger partial charge on any atom is 0.0510 e. The summed E-state index contributed by atoms with van der Waals surface area (Å²) in [6.45, 7) is 7.67. The van der Waals surface area contributed by atoms with Gasteiger partial charge in [0.05, 0.1) is 13.1 Å². The average Bonchev–Trinajstić information content (AvgIpc) is 2.29. The van der Waals surface area contributed by atoms with Gasteiger partial charge in [0.25, 0.3) is 0 Å². The second-order valence-electron chi connectivity index (χ2n) is 3.66. The number of hydrogen-bond donors (Lipinski definition) is 3. The quantitative estimate of drug-likeness (QED) is 0.511.